The summed E-state index contributed by atoms with van der Waals surface area (Å²) in [5.74, 6) is 0.809. The van der Waals surface area contributed by atoms with Gasteiger partial charge in [-0.25, -0.2) is 4.79 Å². The number of alkyl carbamates (subject to hydrolysis) is 1. The molecular weight excluding hydrogens is 362 g/mol. The fourth-order valence-electron chi connectivity index (χ4n) is 1.69. The molecule has 1 unspecified atom stereocenters. The number of methoxy groups -OCH3 is 1. The number of alkyl halides is 1. The molecule has 0 saturated heterocycles. The summed E-state index contributed by atoms with van der Waals surface area (Å²) in [7, 11) is 1.63. The second kappa shape index (κ2) is 8.55. The summed E-state index contributed by atoms with van der Waals surface area (Å²) in [5, 5.41) is 3.34. The molecule has 0 saturated carbocycles. The van der Waals surface area contributed by atoms with Crippen LogP contribution in [-0.4, -0.2) is 36.3 Å². The maximum atomic E-state index is 11.7. The molecule has 0 aliphatic rings. The number of carbonyl (C=O) groups is 1. The predicted molar refractivity (Wildman–Crippen MR) is 94.2 cm³/mol. The van der Waals surface area contributed by atoms with Gasteiger partial charge in [-0.3, -0.25) is 0 Å². The largest absolute Gasteiger partial charge is 0.497 e. The van der Waals surface area contributed by atoms with Crippen molar-refractivity contribution in [2.75, 3.05) is 19.0 Å². The first-order valence-electron chi connectivity index (χ1n) is 7.47. The molecule has 130 valence electrons. The maximum Gasteiger partial charge on any atom is 0.407 e. The van der Waals surface area contributed by atoms with Gasteiger partial charge in [-0.1, -0.05) is 28.1 Å². The van der Waals surface area contributed by atoms with Gasteiger partial charge in [0.25, 0.3) is 0 Å². The van der Waals surface area contributed by atoms with Crippen molar-refractivity contribution in [2.24, 2.45) is 0 Å². The second-order valence-electron chi connectivity index (χ2n) is 6.58. The minimum Gasteiger partial charge on any atom is -0.497 e. The van der Waals surface area contributed by atoms with E-state index in [4.69, 9.17) is 14.2 Å². The van der Waals surface area contributed by atoms with Gasteiger partial charge in [-0.15, -0.1) is 0 Å². The highest BCUT2D eigenvalue weighted by molar-refractivity contribution is 9.09. The van der Waals surface area contributed by atoms with E-state index >= 15 is 0 Å². The Balaban J connectivity index is 2.51. The van der Waals surface area contributed by atoms with Gasteiger partial charge in [0.1, 0.15) is 11.4 Å². The molecule has 6 heteroatoms. The van der Waals surface area contributed by atoms with Crippen LogP contribution in [0.25, 0.3) is 0 Å². The van der Waals surface area contributed by atoms with Crippen molar-refractivity contribution in [3.05, 3.63) is 29.8 Å². The SMILES string of the molecule is COc1ccc(COC(C)(CBr)CNC(=O)OC(C)(C)C)cc1. The molecule has 1 amide bonds. The molecule has 1 N–H and O–H groups in total. The Morgan fingerprint density at radius 2 is 1.78 bits per heavy atom. The van der Waals surface area contributed by atoms with Crippen LogP contribution in [0.3, 0.4) is 0 Å². The van der Waals surface area contributed by atoms with Crippen molar-refractivity contribution in [1.29, 1.82) is 0 Å². The molecule has 0 aliphatic carbocycles. The topological polar surface area (TPSA) is 56.8 Å². The molecule has 0 radical (unpaired) electrons. The van der Waals surface area contributed by atoms with Crippen LogP contribution in [0.15, 0.2) is 24.3 Å². The zero-order valence-electron chi connectivity index (χ0n) is 14.4. The monoisotopic (exact) mass is 387 g/mol. The standard InChI is InChI=1S/C17H26BrNO4/c1-16(2,3)23-15(20)19-12-17(4,11-18)22-10-13-6-8-14(21-5)9-7-13/h6-9H,10-12H2,1-5H3,(H,19,20). The average molecular weight is 388 g/mol. The van der Waals surface area contributed by atoms with E-state index in [1.54, 1.807) is 7.11 Å². The predicted octanol–water partition coefficient (Wildman–Crippen LogP) is 3.89. The van der Waals surface area contributed by atoms with E-state index in [1.165, 1.54) is 0 Å². The fraction of sp³-hybridized carbons (Fsp3) is 0.588. The molecule has 1 aromatic carbocycles. The number of halogens is 1. The smallest absolute Gasteiger partial charge is 0.407 e. The number of nitrogens with one attached hydrogen (secondary N) is 1. The third-order valence-electron chi connectivity index (χ3n) is 3.03. The minimum absolute atomic E-state index is 0.351. The summed E-state index contributed by atoms with van der Waals surface area (Å²) in [6, 6.07) is 7.69. The van der Waals surface area contributed by atoms with Crippen LogP contribution >= 0.6 is 15.9 Å². The Labute approximate surface area is 146 Å². The van der Waals surface area contributed by atoms with Crippen LogP contribution < -0.4 is 10.1 Å². The Bertz CT molecular complexity index is 498. The molecule has 5 nitrogen and oxygen atoms in total. The van der Waals surface area contributed by atoms with Gasteiger partial charge in [0.2, 0.25) is 0 Å². The second-order valence-corrected chi connectivity index (χ2v) is 7.14. The van der Waals surface area contributed by atoms with E-state index < -0.39 is 17.3 Å². The van der Waals surface area contributed by atoms with Crippen LogP contribution in [0.4, 0.5) is 4.79 Å². The molecule has 0 aromatic heterocycles. The molecule has 0 aliphatic heterocycles. The first-order chi connectivity index (χ1) is 10.7. The third-order valence-corrected chi connectivity index (χ3v) is 4.22. The normalized spacial score (nSPS) is 14.0. The number of carbonyl (C=O) groups excluding carboxylic acids is 1. The number of hydrogen-bond acceptors (Lipinski definition) is 4. The first-order valence-corrected chi connectivity index (χ1v) is 8.59. The minimum atomic E-state index is -0.531. The summed E-state index contributed by atoms with van der Waals surface area (Å²) in [4.78, 5) is 11.7. The van der Waals surface area contributed by atoms with Crippen molar-refractivity contribution in [1.82, 2.24) is 5.32 Å². The number of hydrogen-bond donors (Lipinski definition) is 1. The van der Waals surface area contributed by atoms with Crippen molar-refractivity contribution < 1.29 is 19.0 Å². The number of ether oxygens (including phenoxy) is 3. The Morgan fingerprint density at radius 1 is 1.17 bits per heavy atom. The van der Waals surface area contributed by atoms with Crippen molar-refractivity contribution in [2.45, 2.75) is 45.5 Å². The van der Waals surface area contributed by atoms with E-state index in [2.05, 4.69) is 21.2 Å². The number of rotatable bonds is 7. The summed E-state index contributed by atoms with van der Waals surface area (Å²) in [5.41, 5.74) is -0.00870. The quantitative estimate of drug-likeness (QED) is 0.720. The lowest BCUT2D eigenvalue weighted by atomic mass is 10.1. The van der Waals surface area contributed by atoms with Crippen molar-refractivity contribution in [3.63, 3.8) is 0 Å². The average Bonchev–Trinajstić information content (AvgIpc) is 2.50. The zero-order chi connectivity index (χ0) is 17.5. The van der Waals surface area contributed by atoms with Gasteiger partial charge in [-0.2, -0.15) is 0 Å². The maximum absolute atomic E-state index is 11.7. The van der Waals surface area contributed by atoms with Gasteiger partial charge in [0, 0.05) is 5.33 Å². The summed E-state index contributed by atoms with van der Waals surface area (Å²) >= 11 is 3.44. The summed E-state index contributed by atoms with van der Waals surface area (Å²) in [6.45, 7) is 8.22. The fourth-order valence-corrected chi connectivity index (χ4v) is 2.05. The molecule has 1 atom stereocenters. The molecule has 0 bridgehead atoms. The lowest BCUT2D eigenvalue weighted by Crippen LogP contribution is -2.45. The Kier molecular flexibility index (Phi) is 7.35. The number of benzene rings is 1. The van der Waals surface area contributed by atoms with E-state index in [0.29, 0.717) is 18.5 Å². The molecule has 1 aromatic rings. The molecule has 23 heavy (non-hydrogen) atoms. The van der Waals surface area contributed by atoms with E-state index in [1.807, 2.05) is 52.0 Å². The van der Waals surface area contributed by atoms with Gasteiger partial charge in [0.15, 0.2) is 0 Å². The first kappa shape index (κ1) is 19.8. The van der Waals surface area contributed by atoms with Crippen molar-refractivity contribution in [3.8, 4) is 5.75 Å². The summed E-state index contributed by atoms with van der Waals surface area (Å²) in [6.07, 6.45) is -0.447. The third kappa shape index (κ3) is 7.70. The number of amides is 1. The van der Waals surface area contributed by atoms with E-state index in [0.717, 1.165) is 11.3 Å². The zero-order valence-corrected chi connectivity index (χ0v) is 16.0. The van der Waals surface area contributed by atoms with Crippen molar-refractivity contribution >= 4 is 22.0 Å². The van der Waals surface area contributed by atoms with Gasteiger partial charge in [0.05, 0.1) is 25.9 Å². The molecule has 1 rings (SSSR count). The lowest BCUT2D eigenvalue weighted by molar-refractivity contribution is -0.0257. The molecule has 0 heterocycles. The summed E-state index contributed by atoms with van der Waals surface area (Å²) < 4.78 is 16.3. The highest BCUT2D eigenvalue weighted by Gasteiger charge is 2.26. The highest BCUT2D eigenvalue weighted by Crippen LogP contribution is 2.18. The lowest BCUT2D eigenvalue weighted by Gasteiger charge is -2.29. The molecular formula is C17H26BrNO4. The van der Waals surface area contributed by atoms with Gasteiger partial charge < -0.3 is 19.5 Å². The Hall–Kier alpha value is -1.27. The van der Waals surface area contributed by atoms with Gasteiger partial charge in [-0.05, 0) is 45.4 Å². The van der Waals surface area contributed by atoms with Crippen LogP contribution in [0, 0.1) is 0 Å². The van der Waals surface area contributed by atoms with Gasteiger partial charge >= 0.3 is 6.09 Å². The Morgan fingerprint density at radius 3 is 2.26 bits per heavy atom. The highest BCUT2D eigenvalue weighted by atomic mass is 79.9. The van der Waals surface area contributed by atoms with Crippen LogP contribution in [0.5, 0.6) is 5.75 Å². The van der Waals surface area contributed by atoms with E-state index in [9.17, 15) is 4.79 Å². The van der Waals surface area contributed by atoms with Crippen LogP contribution in [0.1, 0.15) is 33.3 Å². The molecule has 0 spiro atoms. The van der Waals surface area contributed by atoms with Crippen LogP contribution in [-0.2, 0) is 16.1 Å². The van der Waals surface area contributed by atoms with E-state index in [-0.39, 0.29) is 0 Å². The molecule has 0 fully saturated rings. The van der Waals surface area contributed by atoms with Crippen LogP contribution in [0.2, 0.25) is 0 Å².